The zero-order valence-electron chi connectivity index (χ0n) is 17.5. The van der Waals surface area contributed by atoms with Crippen molar-refractivity contribution >= 4 is 23.2 Å². The molecule has 11 heteroatoms. The molecule has 0 saturated carbocycles. The number of carbonyl (C=O) groups excluding carboxylic acids is 2. The van der Waals surface area contributed by atoms with Crippen LogP contribution in [0.25, 0.3) is 0 Å². The Morgan fingerprint density at radius 3 is 2.72 bits per heavy atom. The lowest BCUT2D eigenvalue weighted by atomic mass is 10.2. The number of carbonyl (C=O) groups is 2. The standard InChI is InChI=1S/C12H15N3O3.C9H9F2NO2/c1-7-2-3-10(18-7)12(17)15-8-4-5-14-9(6-8)11(13)16;1-6(12-13)5-14-8-4-2-3-7(10)9(8)11/h4-7,10H,2-3H2,1H3,(H2,13,16)(H,14,15,17);2-4,13H,5H2,1H3/b;12-6+. The first-order valence-corrected chi connectivity index (χ1v) is 9.67. The van der Waals surface area contributed by atoms with Crippen molar-refractivity contribution in [3.63, 3.8) is 0 Å². The van der Waals surface area contributed by atoms with Crippen LogP contribution in [0.2, 0.25) is 0 Å². The average Bonchev–Trinajstić information content (AvgIpc) is 3.21. The number of aromatic nitrogens is 1. The molecular weight excluding hydrogens is 426 g/mol. The molecule has 0 spiro atoms. The van der Waals surface area contributed by atoms with Gasteiger partial charge in [0.15, 0.2) is 11.6 Å². The molecule has 2 atom stereocenters. The average molecular weight is 450 g/mol. The van der Waals surface area contributed by atoms with Gasteiger partial charge in [-0.25, -0.2) is 4.39 Å². The van der Waals surface area contributed by atoms with Crippen molar-refractivity contribution < 1.29 is 33.1 Å². The molecule has 0 aliphatic carbocycles. The Morgan fingerprint density at radius 2 is 2.09 bits per heavy atom. The molecule has 1 saturated heterocycles. The number of rotatable bonds is 6. The van der Waals surface area contributed by atoms with E-state index >= 15 is 0 Å². The topological polar surface area (TPSA) is 136 Å². The Labute approximate surface area is 183 Å². The van der Waals surface area contributed by atoms with E-state index in [1.807, 2.05) is 6.92 Å². The molecule has 172 valence electrons. The number of nitrogens with one attached hydrogen (secondary N) is 1. The second-order valence-corrected chi connectivity index (χ2v) is 6.97. The van der Waals surface area contributed by atoms with Gasteiger partial charge in [0.2, 0.25) is 5.82 Å². The van der Waals surface area contributed by atoms with Crippen LogP contribution < -0.4 is 15.8 Å². The number of benzene rings is 1. The summed E-state index contributed by atoms with van der Waals surface area (Å²) in [6.45, 7) is 3.35. The van der Waals surface area contributed by atoms with E-state index in [0.29, 0.717) is 12.1 Å². The minimum Gasteiger partial charge on any atom is -0.484 e. The lowest BCUT2D eigenvalue weighted by Gasteiger charge is -2.11. The summed E-state index contributed by atoms with van der Waals surface area (Å²) in [7, 11) is 0. The summed E-state index contributed by atoms with van der Waals surface area (Å²) in [6, 6.07) is 6.67. The van der Waals surface area contributed by atoms with Gasteiger partial charge in [-0.15, -0.1) is 0 Å². The molecule has 0 bridgehead atoms. The van der Waals surface area contributed by atoms with Gasteiger partial charge in [0.25, 0.3) is 11.8 Å². The van der Waals surface area contributed by atoms with Crippen molar-refractivity contribution in [1.29, 1.82) is 0 Å². The van der Waals surface area contributed by atoms with Crippen LogP contribution in [0.15, 0.2) is 41.7 Å². The van der Waals surface area contributed by atoms with E-state index in [1.165, 1.54) is 31.3 Å². The highest BCUT2D eigenvalue weighted by atomic mass is 19.2. The van der Waals surface area contributed by atoms with E-state index in [-0.39, 0.29) is 35.8 Å². The van der Waals surface area contributed by atoms with Gasteiger partial charge >= 0.3 is 0 Å². The van der Waals surface area contributed by atoms with E-state index in [1.54, 1.807) is 6.07 Å². The van der Waals surface area contributed by atoms with Crippen molar-refractivity contribution in [1.82, 2.24) is 4.98 Å². The van der Waals surface area contributed by atoms with Crippen LogP contribution in [0.1, 0.15) is 37.2 Å². The maximum absolute atomic E-state index is 13.0. The van der Waals surface area contributed by atoms with Crippen LogP contribution in [0, 0.1) is 11.6 Å². The number of hydrogen-bond donors (Lipinski definition) is 3. The van der Waals surface area contributed by atoms with Crippen molar-refractivity contribution in [2.24, 2.45) is 10.9 Å². The molecule has 1 fully saturated rings. The van der Waals surface area contributed by atoms with Crippen LogP contribution in [-0.4, -0.2) is 46.5 Å². The number of nitrogens with two attached hydrogens (primary N) is 1. The summed E-state index contributed by atoms with van der Waals surface area (Å²) in [6.07, 6.45) is 2.69. The number of anilines is 1. The molecule has 2 unspecified atom stereocenters. The Morgan fingerprint density at radius 1 is 1.34 bits per heavy atom. The van der Waals surface area contributed by atoms with Crippen molar-refractivity contribution in [3.8, 4) is 5.75 Å². The molecule has 1 aliphatic heterocycles. The van der Waals surface area contributed by atoms with E-state index in [2.05, 4.69) is 15.5 Å². The molecule has 1 aromatic heterocycles. The Hall–Kier alpha value is -3.60. The molecule has 1 aromatic carbocycles. The van der Waals surface area contributed by atoms with Gasteiger partial charge in [0, 0.05) is 11.9 Å². The quantitative estimate of drug-likeness (QED) is 0.352. The minimum atomic E-state index is -1.04. The molecule has 2 heterocycles. The first-order chi connectivity index (χ1) is 15.2. The molecule has 9 nitrogen and oxygen atoms in total. The number of halogens is 2. The third-order valence-electron chi connectivity index (χ3n) is 4.33. The fraction of sp³-hybridized carbons (Fsp3) is 0.333. The van der Waals surface area contributed by atoms with E-state index in [4.69, 9.17) is 20.4 Å². The Kier molecular flexibility index (Phi) is 9.02. The highest BCUT2D eigenvalue weighted by Crippen LogP contribution is 2.21. The molecule has 32 heavy (non-hydrogen) atoms. The fourth-order valence-electron chi connectivity index (χ4n) is 2.67. The SMILES string of the molecule is C/C(COc1cccc(F)c1F)=N\O.CC1CCC(C(=O)Nc2ccnc(C(N)=O)c2)O1. The zero-order chi connectivity index (χ0) is 23.7. The Balaban J connectivity index is 0.000000235. The monoisotopic (exact) mass is 450 g/mol. The van der Waals surface area contributed by atoms with Crippen LogP contribution in [-0.2, 0) is 9.53 Å². The second-order valence-electron chi connectivity index (χ2n) is 6.97. The molecule has 4 N–H and O–H groups in total. The molecular formula is C21H24F2N4O5. The maximum atomic E-state index is 13.0. The molecule has 0 radical (unpaired) electrons. The number of nitrogens with zero attached hydrogens (tertiary/aromatic N) is 2. The van der Waals surface area contributed by atoms with Gasteiger partial charge in [0.05, 0.1) is 11.8 Å². The third kappa shape index (κ3) is 7.27. The summed E-state index contributed by atoms with van der Waals surface area (Å²) >= 11 is 0. The first-order valence-electron chi connectivity index (χ1n) is 9.67. The molecule has 2 amide bonds. The van der Waals surface area contributed by atoms with Crippen molar-refractivity contribution in [2.45, 2.75) is 38.9 Å². The van der Waals surface area contributed by atoms with Gasteiger partial charge in [0.1, 0.15) is 18.4 Å². The van der Waals surface area contributed by atoms with Gasteiger partial charge in [-0.1, -0.05) is 11.2 Å². The highest BCUT2D eigenvalue weighted by Gasteiger charge is 2.28. The van der Waals surface area contributed by atoms with Crippen LogP contribution in [0.3, 0.4) is 0 Å². The zero-order valence-corrected chi connectivity index (χ0v) is 17.5. The van der Waals surface area contributed by atoms with Gasteiger partial charge in [-0.3, -0.25) is 14.6 Å². The van der Waals surface area contributed by atoms with Gasteiger partial charge in [-0.05, 0) is 51.0 Å². The van der Waals surface area contributed by atoms with Crippen molar-refractivity contribution in [3.05, 3.63) is 53.9 Å². The van der Waals surface area contributed by atoms with Crippen molar-refractivity contribution in [2.75, 3.05) is 11.9 Å². The summed E-state index contributed by atoms with van der Waals surface area (Å²) in [5.74, 6) is -3.05. The summed E-state index contributed by atoms with van der Waals surface area (Å²) in [5, 5.41) is 13.8. The largest absolute Gasteiger partial charge is 0.484 e. The summed E-state index contributed by atoms with van der Waals surface area (Å²) in [5.41, 5.74) is 6.00. The van der Waals surface area contributed by atoms with E-state index in [9.17, 15) is 18.4 Å². The maximum Gasteiger partial charge on any atom is 0.267 e. The lowest BCUT2D eigenvalue weighted by molar-refractivity contribution is -0.126. The number of primary amides is 1. The lowest BCUT2D eigenvalue weighted by Crippen LogP contribution is -2.28. The number of hydrogen-bond acceptors (Lipinski definition) is 7. The van der Waals surface area contributed by atoms with Crippen LogP contribution in [0.4, 0.5) is 14.5 Å². The second kappa shape index (κ2) is 11.7. The number of oxime groups is 1. The first kappa shape index (κ1) is 24.7. The third-order valence-corrected chi connectivity index (χ3v) is 4.33. The minimum absolute atomic E-state index is 0.0864. The summed E-state index contributed by atoms with van der Waals surface area (Å²) in [4.78, 5) is 26.6. The number of amides is 2. The van der Waals surface area contributed by atoms with Crippen LogP contribution >= 0.6 is 0 Å². The van der Waals surface area contributed by atoms with Gasteiger partial charge in [-0.2, -0.15) is 4.39 Å². The molecule has 2 aromatic rings. The van der Waals surface area contributed by atoms with Gasteiger partial charge < -0.3 is 25.7 Å². The fourth-order valence-corrected chi connectivity index (χ4v) is 2.67. The normalized spacial score (nSPS) is 17.8. The Bertz CT molecular complexity index is 986. The predicted octanol–water partition coefficient (Wildman–Crippen LogP) is 2.88. The van der Waals surface area contributed by atoms with Crippen LogP contribution in [0.5, 0.6) is 5.75 Å². The van der Waals surface area contributed by atoms with E-state index < -0.39 is 23.6 Å². The van der Waals surface area contributed by atoms with E-state index in [0.717, 1.165) is 12.5 Å². The molecule has 3 rings (SSSR count). The summed E-state index contributed by atoms with van der Waals surface area (Å²) < 4.78 is 35.9. The number of pyridine rings is 1. The molecule has 1 aliphatic rings. The predicted molar refractivity (Wildman–Crippen MR) is 112 cm³/mol. The number of ether oxygens (including phenoxy) is 2. The highest BCUT2D eigenvalue weighted by molar-refractivity contribution is 5.96. The smallest absolute Gasteiger partial charge is 0.267 e.